The number of rotatable bonds is 8. The van der Waals surface area contributed by atoms with Gasteiger partial charge in [-0.05, 0) is 31.0 Å². The first-order valence-corrected chi connectivity index (χ1v) is 11.5. The van der Waals surface area contributed by atoms with E-state index in [4.69, 9.17) is 5.73 Å². The molecule has 180 valence electrons. The van der Waals surface area contributed by atoms with Gasteiger partial charge in [-0.15, -0.1) is 0 Å². The summed E-state index contributed by atoms with van der Waals surface area (Å²) in [5.74, 6) is -0.458. The largest absolute Gasteiger partial charge is 0.383 e. The lowest BCUT2D eigenvalue weighted by molar-refractivity contribution is 0.0985. The second-order valence-corrected chi connectivity index (χ2v) is 8.27. The van der Waals surface area contributed by atoms with Crippen LogP contribution in [0.15, 0.2) is 76.4 Å². The van der Waals surface area contributed by atoms with E-state index < -0.39 is 17.2 Å². The van der Waals surface area contributed by atoms with E-state index in [1.165, 1.54) is 15.7 Å². The van der Waals surface area contributed by atoms with Crippen molar-refractivity contribution in [1.29, 1.82) is 0 Å². The predicted octanol–water partition coefficient (Wildman–Crippen LogP) is 3.11. The standard InChI is InChI=1S/C26H28N6O3/c1-3-4-15-30(25(34)21-16-28-32(18(21)2)20-13-9-6-10-14-20)22-23(27)31(26(35)29-24(22)33)17-19-11-7-5-8-12-19/h5-14,16H,3-4,15,17,27H2,1-2H3,(H,29,33,35). The maximum Gasteiger partial charge on any atom is 0.330 e. The number of carbonyl (C=O) groups excluding carboxylic acids is 1. The SMILES string of the molecule is CCCCN(C(=O)c1cnn(-c2ccccc2)c1C)c1c(N)n(Cc2ccccc2)c(=O)[nH]c1=O. The summed E-state index contributed by atoms with van der Waals surface area (Å²) in [6, 6.07) is 18.8. The van der Waals surface area contributed by atoms with Crippen LogP contribution in [0.5, 0.6) is 0 Å². The third kappa shape index (κ3) is 4.79. The van der Waals surface area contributed by atoms with E-state index in [2.05, 4.69) is 10.1 Å². The first-order valence-electron chi connectivity index (χ1n) is 11.5. The molecule has 4 aromatic rings. The van der Waals surface area contributed by atoms with Crippen LogP contribution in [0.4, 0.5) is 11.5 Å². The van der Waals surface area contributed by atoms with E-state index in [0.29, 0.717) is 17.7 Å². The number of unbranched alkanes of at least 4 members (excludes halogenated alkanes) is 1. The highest BCUT2D eigenvalue weighted by Gasteiger charge is 2.27. The lowest BCUT2D eigenvalue weighted by Crippen LogP contribution is -2.42. The molecular weight excluding hydrogens is 444 g/mol. The highest BCUT2D eigenvalue weighted by Crippen LogP contribution is 2.23. The minimum absolute atomic E-state index is 0.0363. The molecule has 0 bridgehead atoms. The molecule has 0 radical (unpaired) electrons. The lowest BCUT2D eigenvalue weighted by atomic mass is 10.2. The molecule has 0 aliphatic carbocycles. The number of benzene rings is 2. The predicted molar refractivity (Wildman–Crippen MR) is 136 cm³/mol. The number of H-pyrrole nitrogens is 1. The molecule has 0 saturated heterocycles. The molecule has 9 heteroatoms. The van der Waals surface area contributed by atoms with E-state index in [0.717, 1.165) is 17.7 Å². The monoisotopic (exact) mass is 472 g/mol. The Balaban J connectivity index is 1.79. The summed E-state index contributed by atoms with van der Waals surface area (Å²) in [6.45, 7) is 4.22. The number of hydrogen-bond donors (Lipinski definition) is 2. The van der Waals surface area contributed by atoms with Gasteiger partial charge in [-0.1, -0.05) is 61.9 Å². The van der Waals surface area contributed by atoms with E-state index in [-0.39, 0.29) is 24.6 Å². The second-order valence-electron chi connectivity index (χ2n) is 8.27. The summed E-state index contributed by atoms with van der Waals surface area (Å²) in [4.78, 5) is 43.0. The molecule has 2 aromatic carbocycles. The molecule has 0 spiro atoms. The maximum atomic E-state index is 13.8. The van der Waals surface area contributed by atoms with Crippen LogP contribution >= 0.6 is 0 Å². The number of hydrogen-bond acceptors (Lipinski definition) is 5. The molecule has 0 aliphatic rings. The molecule has 0 fully saturated rings. The van der Waals surface area contributed by atoms with Gasteiger partial charge in [0, 0.05) is 6.54 Å². The van der Waals surface area contributed by atoms with Crippen molar-refractivity contribution in [2.45, 2.75) is 33.2 Å². The van der Waals surface area contributed by atoms with Gasteiger partial charge < -0.3 is 10.6 Å². The van der Waals surface area contributed by atoms with Gasteiger partial charge in [0.1, 0.15) is 5.82 Å². The number of aromatic amines is 1. The molecule has 0 saturated carbocycles. The van der Waals surface area contributed by atoms with Crippen LogP contribution in [0.25, 0.3) is 5.69 Å². The zero-order valence-corrected chi connectivity index (χ0v) is 19.8. The smallest absolute Gasteiger partial charge is 0.330 e. The van der Waals surface area contributed by atoms with Gasteiger partial charge in [-0.2, -0.15) is 5.10 Å². The zero-order valence-electron chi connectivity index (χ0n) is 19.8. The molecule has 1 amide bonds. The normalized spacial score (nSPS) is 10.9. The fourth-order valence-electron chi connectivity index (χ4n) is 3.99. The van der Waals surface area contributed by atoms with Gasteiger partial charge in [0.25, 0.3) is 11.5 Å². The molecule has 3 N–H and O–H groups in total. The second kappa shape index (κ2) is 10.3. The number of nitrogens with zero attached hydrogens (tertiary/aromatic N) is 4. The van der Waals surface area contributed by atoms with Crippen LogP contribution < -0.4 is 21.9 Å². The average Bonchev–Trinajstić information content (AvgIpc) is 3.25. The molecule has 9 nitrogen and oxygen atoms in total. The third-order valence-corrected chi connectivity index (χ3v) is 5.89. The topological polar surface area (TPSA) is 119 Å². The van der Waals surface area contributed by atoms with Crippen molar-refractivity contribution in [1.82, 2.24) is 19.3 Å². The van der Waals surface area contributed by atoms with Crippen molar-refractivity contribution in [3.8, 4) is 5.69 Å². The Morgan fingerprint density at radius 3 is 2.37 bits per heavy atom. The Bertz CT molecular complexity index is 1440. The first kappa shape index (κ1) is 23.7. The lowest BCUT2D eigenvalue weighted by Gasteiger charge is -2.24. The minimum atomic E-state index is -0.700. The first-order chi connectivity index (χ1) is 16.9. The highest BCUT2D eigenvalue weighted by atomic mass is 16.2. The number of nitrogens with two attached hydrogens (primary N) is 1. The number of amides is 1. The Kier molecular flexibility index (Phi) is 6.96. The third-order valence-electron chi connectivity index (χ3n) is 5.89. The van der Waals surface area contributed by atoms with Crippen LogP contribution in [0.1, 0.15) is 41.4 Å². The van der Waals surface area contributed by atoms with Crippen molar-refractivity contribution in [2.24, 2.45) is 0 Å². The van der Waals surface area contributed by atoms with Crippen molar-refractivity contribution in [3.05, 3.63) is 105 Å². The summed E-state index contributed by atoms with van der Waals surface area (Å²) >= 11 is 0. The van der Waals surface area contributed by atoms with Crippen LogP contribution in [0.2, 0.25) is 0 Å². The van der Waals surface area contributed by atoms with E-state index in [1.54, 1.807) is 11.6 Å². The van der Waals surface area contributed by atoms with Gasteiger partial charge in [-0.25, -0.2) is 9.48 Å². The van der Waals surface area contributed by atoms with E-state index in [1.807, 2.05) is 67.6 Å². The Labute approximate surface area is 202 Å². The Morgan fingerprint density at radius 1 is 1.06 bits per heavy atom. The van der Waals surface area contributed by atoms with Gasteiger partial charge in [0.2, 0.25) is 0 Å². The highest BCUT2D eigenvalue weighted by molar-refractivity contribution is 6.07. The van der Waals surface area contributed by atoms with Crippen LogP contribution in [-0.2, 0) is 6.54 Å². The van der Waals surface area contributed by atoms with Gasteiger partial charge >= 0.3 is 5.69 Å². The van der Waals surface area contributed by atoms with Crippen molar-refractivity contribution >= 4 is 17.4 Å². The zero-order chi connectivity index (χ0) is 24.9. The Hall–Kier alpha value is -4.40. The molecule has 0 aliphatic heterocycles. The van der Waals surface area contributed by atoms with Crippen molar-refractivity contribution < 1.29 is 4.79 Å². The molecule has 0 atom stereocenters. The van der Waals surface area contributed by atoms with E-state index >= 15 is 0 Å². The van der Waals surface area contributed by atoms with Crippen LogP contribution in [-0.4, -0.2) is 31.8 Å². The molecule has 35 heavy (non-hydrogen) atoms. The molecular formula is C26H28N6O3. The number of anilines is 2. The molecule has 2 aromatic heterocycles. The van der Waals surface area contributed by atoms with E-state index in [9.17, 15) is 14.4 Å². The minimum Gasteiger partial charge on any atom is -0.383 e. The quantitative estimate of drug-likeness (QED) is 0.408. The summed E-state index contributed by atoms with van der Waals surface area (Å²) in [5, 5.41) is 4.39. The molecule has 0 unspecified atom stereocenters. The summed E-state index contributed by atoms with van der Waals surface area (Å²) < 4.78 is 2.95. The van der Waals surface area contributed by atoms with Gasteiger partial charge in [0.05, 0.1) is 29.7 Å². The number of nitrogens with one attached hydrogen (secondary N) is 1. The molecule has 4 rings (SSSR count). The van der Waals surface area contributed by atoms with Crippen molar-refractivity contribution in [3.63, 3.8) is 0 Å². The van der Waals surface area contributed by atoms with Gasteiger partial charge in [-0.3, -0.25) is 19.1 Å². The number of aromatic nitrogens is 4. The van der Waals surface area contributed by atoms with Gasteiger partial charge in [0.15, 0.2) is 5.69 Å². The summed E-state index contributed by atoms with van der Waals surface area (Å²) in [7, 11) is 0. The Morgan fingerprint density at radius 2 is 1.71 bits per heavy atom. The summed E-state index contributed by atoms with van der Waals surface area (Å²) in [5.41, 5.74) is 7.66. The number of nitrogen functional groups attached to an aromatic ring is 1. The molecule has 2 heterocycles. The number of carbonyl (C=O) groups is 1. The fraction of sp³-hybridized carbons (Fsp3) is 0.231. The number of para-hydroxylation sites is 1. The summed E-state index contributed by atoms with van der Waals surface area (Å²) in [6.07, 6.45) is 2.94. The average molecular weight is 473 g/mol. The van der Waals surface area contributed by atoms with Crippen LogP contribution in [0.3, 0.4) is 0 Å². The van der Waals surface area contributed by atoms with Crippen molar-refractivity contribution in [2.75, 3.05) is 17.2 Å². The fourth-order valence-corrected chi connectivity index (χ4v) is 3.99. The van der Waals surface area contributed by atoms with Crippen LogP contribution in [0, 0.1) is 6.92 Å². The maximum absolute atomic E-state index is 13.8.